The first kappa shape index (κ1) is 16.8. The molecular weight excluding hydrogens is 320 g/mol. The zero-order valence-corrected chi connectivity index (χ0v) is 14.2. The minimum atomic E-state index is -1.24. The molecule has 0 aromatic heterocycles. The number of hydrogen-bond acceptors (Lipinski definition) is 5. The van der Waals surface area contributed by atoms with Crippen LogP contribution in [0.1, 0.15) is 25.0 Å². The molecule has 5 nitrogen and oxygen atoms in total. The topological polar surface area (TPSA) is 61.8 Å². The Morgan fingerprint density at radius 1 is 0.920 bits per heavy atom. The molecule has 1 aliphatic heterocycles. The molecule has 1 aliphatic rings. The number of hydrogen-bond donors (Lipinski definition) is 0. The smallest absolute Gasteiger partial charge is 0.348 e. The summed E-state index contributed by atoms with van der Waals surface area (Å²) >= 11 is 0. The van der Waals surface area contributed by atoms with Gasteiger partial charge in [0.1, 0.15) is 17.1 Å². The van der Waals surface area contributed by atoms with Crippen LogP contribution in [-0.2, 0) is 19.1 Å². The standard InChI is InChI=1S/C20H18O5/c1-13-5-4-6-16(11-13)23-15-9-7-14(8-10-15)12-17-18(21)24-20(2,3)25-19(17)22/h4-12H,1-3H3. The van der Waals surface area contributed by atoms with E-state index < -0.39 is 17.7 Å². The van der Waals surface area contributed by atoms with Gasteiger partial charge in [-0.1, -0.05) is 24.3 Å². The van der Waals surface area contributed by atoms with Crippen molar-refractivity contribution in [1.82, 2.24) is 0 Å². The Kier molecular flexibility index (Phi) is 4.31. The van der Waals surface area contributed by atoms with Gasteiger partial charge in [0.15, 0.2) is 0 Å². The van der Waals surface area contributed by atoms with Crippen molar-refractivity contribution >= 4 is 18.0 Å². The molecule has 5 heteroatoms. The Morgan fingerprint density at radius 3 is 2.16 bits per heavy atom. The fraction of sp³-hybridized carbons (Fsp3) is 0.200. The molecular formula is C20H18O5. The number of ether oxygens (including phenoxy) is 3. The zero-order chi connectivity index (χ0) is 18.0. The lowest BCUT2D eigenvalue weighted by atomic mass is 10.1. The summed E-state index contributed by atoms with van der Waals surface area (Å²) in [6.07, 6.45) is 1.44. The largest absolute Gasteiger partial charge is 0.457 e. The van der Waals surface area contributed by atoms with E-state index >= 15 is 0 Å². The monoisotopic (exact) mass is 338 g/mol. The van der Waals surface area contributed by atoms with E-state index in [4.69, 9.17) is 14.2 Å². The van der Waals surface area contributed by atoms with Gasteiger partial charge < -0.3 is 14.2 Å². The van der Waals surface area contributed by atoms with E-state index in [9.17, 15) is 9.59 Å². The molecule has 0 spiro atoms. The molecule has 128 valence electrons. The van der Waals surface area contributed by atoms with Crippen LogP contribution in [0.15, 0.2) is 54.1 Å². The number of carbonyl (C=O) groups is 2. The van der Waals surface area contributed by atoms with E-state index in [0.717, 1.165) is 11.3 Å². The third kappa shape index (κ3) is 4.07. The molecule has 1 heterocycles. The minimum Gasteiger partial charge on any atom is -0.457 e. The Balaban J connectivity index is 1.76. The Morgan fingerprint density at radius 2 is 1.56 bits per heavy atom. The van der Waals surface area contributed by atoms with Gasteiger partial charge in [-0.3, -0.25) is 0 Å². The predicted molar refractivity (Wildman–Crippen MR) is 91.9 cm³/mol. The molecule has 3 rings (SSSR count). The highest BCUT2D eigenvalue weighted by molar-refractivity contribution is 6.18. The summed E-state index contributed by atoms with van der Waals surface area (Å²) in [5, 5.41) is 0. The van der Waals surface area contributed by atoms with E-state index in [1.54, 1.807) is 24.3 Å². The maximum absolute atomic E-state index is 11.9. The second-order valence-corrected chi connectivity index (χ2v) is 6.22. The number of rotatable bonds is 3. The van der Waals surface area contributed by atoms with E-state index in [2.05, 4.69) is 0 Å². The molecule has 2 aromatic carbocycles. The summed E-state index contributed by atoms with van der Waals surface area (Å²) in [5.41, 5.74) is 1.64. The molecule has 0 N–H and O–H groups in total. The zero-order valence-electron chi connectivity index (χ0n) is 14.2. The molecule has 0 saturated carbocycles. The SMILES string of the molecule is Cc1cccc(Oc2ccc(C=C3C(=O)OC(C)(C)OC3=O)cc2)c1. The molecule has 0 unspecified atom stereocenters. The normalized spacial score (nSPS) is 16.0. The van der Waals surface area contributed by atoms with Crippen molar-refractivity contribution in [3.05, 3.63) is 65.2 Å². The van der Waals surface area contributed by atoms with E-state index in [1.165, 1.54) is 19.9 Å². The summed E-state index contributed by atoms with van der Waals surface area (Å²) in [5.74, 6) is -1.23. The van der Waals surface area contributed by atoms with Gasteiger partial charge in [-0.2, -0.15) is 0 Å². The average molecular weight is 338 g/mol. The molecule has 25 heavy (non-hydrogen) atoms. The molecule has 1 saturated heterocycles. The lowest BCUT2D eigenvalue weighted by molar-refractivity contribution is -0.222. The Hall–Kier alpha value is -3.08. The average Bonchev–Trinajstić information content (AvgIpc) is 2.52. The third-order valence-electron chi connectivity index (χ3n) is 3.53. The summed E-state index contributed by atoms with van der Waals surface area (Å²) in [6.45, 7) is 5.01. The first-order chi connectivity index (χ1) is 11.8. The first-order valence-corrected chi connectivity index (χ1v) is 7.85. The van der Waals surface area contributed by atoms with Crippen LogP contribution in [0.25, 0.3) is 6.08 Å². The predicted octanol–water partition coefficient (Wildman–Crippen LogP) is 4.01. The second kappa shape index (κ2) is 6.43. The van der Waals surface area contributed by atoms with Crippen molar-refractivity contribution in [2.24, 2.45) is 0 Å². The van der Waals surface area contributed by atoms with Crippen LogP contribution in [-0.4, -0.2) is 17.7 Å². The quantitative estimate of drug-likeness (QED) is 0.481. The summed E-state index contributed by atoms with van der Waals surface area (Å²) in [7, 11) is 0. The lowest BCUT2D eigenvalue weighted by Gasteiger charge is -2.29. The van der Waals surface area contributed by atoms with Gasteiger partial charge in [-0.15, -0.1) is 0 Å². The summed E-state index contributed by atoms with van der Waals surface area (Å²) in [6, 6.07) is 14.7. The van der Waals surface area contributed by atoms with Gasteiger partial charge in [0, 0.05) is 13.8 Å². The number of aryl methyl sites for hydroxylation is 1. The van der Waals surface area contributed by atoms with Gasteiger partial charge in [-0.25, -0.2) is 9.59 Å². The highest BCUT2D eigenvalue weighted by atomic mass is 16.7. The van der Waals surface area contributed by atoms with E-state index in [-0.39, 0.29) is 5.57 Å². The van der Waals surface area contributed by atoms with Crippen molar-refractivity contribution in [2.45, 2.75) is 26.6 Å². The summed E-state index contributed by atoms with van der Waals surface area (Å²) < 4.78 is 15.9. The van der Waals surface area contributed by atoms with Crippen LogP contribution < -0.4 is 4.74 Å². The van der Waals surface area contributed by atoms with Crippen LogP contribution >= 0.6 is 0 Å². The van der Waals surface area contributed by atoms with Crippen molar-refractivity contribution in [3.63, 3.8) is 0 Å². The maximum Gasteiger partial charge on any atom is 0.348 e. The van der Waals surface area contributed by atoms with Crippen molar-refractivity contribution in [2.75, 3.05) is 0 Å². The fourth-order valence-corrected chi connectivity index (χ4v) is 2.39. The van der Waals surface area contributed by atoms with Crippen molar-refractivity contribution in [3.8, 4) is 11.5 Å². The number of cyclic esters (lactones) is 2. The highest BCUT2D eigenvalue weighted by Gasteiger charge is 2.38. The van der Waals surface area contributed by atoms with Crippen molar-refractivity contribution < 1.29 is 23.8 Å². The number of benzene rings is 2. The Bertz CT molecular complexity index is 825. The number of carbonyl (C=O) groups excluding carboxylic acids is 2. The van der Waals surface area contributed by atoms with E-state index in [1.807, 2.05) is 31.2 Å². The van der Waals surface area contributed by atoms with E-state index in [0.29, 0.717) is 11.3 Å². The van der Waals surface area contributed by atoms with Crippen LogP contribution in [0.2, 0.25) is 0 Å². The van der Waals surface area contributed by atoms with Gasteiger partial charge in [-0.05, 0) is 48.4 Å². The first-order valence-electron chi connectivity index (χ1n) is 7.85. The molecule has 0 aliphatic carbocycles. The molecule has 0 radical (unpaired) electrons. The highest BCUT2D eigenvalue weighted by Crippen LogP contribution is 2.26. The fourth-order valence-electron chi connectivity index (χ4n) is 2.39. The van der Waals surface area contributed by atoms with Gasteiger partial charge in [0.2, 0.25) is 0 Å². The second-order valence-electron chi connectivity index (χ2n) is 6.22. The molecule has 0 amide bonds. The maximum atomic E-state index is 11.9. The Labute approximate surface area is 145 Å². The van der Waals surface area contributed by atoms with Crippen LogP contribution in [0, 0.1) is 6.92 Å². The van der Waals surface area contributed by atoms with Gasteiger partial charge >= 0.3 is 11.9 Å². The van der Waals surface area contributed by atoms with Crippen LogP contribution in [0.5, 0.6) is 11.5 Å². The van der Waals surface area contributed by atoms with Crippen LogP contribution in [0.3, 0.4) is 0 Å². The number of esters is 2. The van der Waals surface area contributed by atoms with Crippen molar-refractivity contribution in [1.29, 1.82) is 0 Å². The lowest BCUT2D eigenvalue weighted by Crippen LogP contribution is -2.41. The summed E-state index contributed by atoms with van der Waals surface area (Å²) in [4.78, 5) is 23.9. The molecule has 0 atom stereocenters. The molecule has 0 bridgehead atoms. The van der Waals surface area contributed by atoms with Crippen LogP contribution in [0.4, 0.5) is 0 Å². The molecule has 2 aromatic rings. The van der Waals surface area contributed by atoms with Gasteiger partial charge in [0.25, 0.3) is 5.79 Å². The minimum absolute atomic E-state index is 0.133. The molecule has 1 fully saturated rings. The third-order valence-corrected chi connectivity index (χ3v) is 3.53. The van der Waals surface area contributed by atoms with Gasteiger partial charge in [0.05, 0.1) is 0 Å².